The Bertz CT molecular complexity index is 267. The maximum Gasteiger partial charge on any atom is 0.121 e. The van der Waals surface area contributed by atoms with Gasteiger partial charge in [-0.3, -0.25) is 0 Å². The van der Waals surface area contributed by atoms with Crippen LogP contribution in [0.1, 0.15) is 30.9 Å². The Hall–Kier alpha value is -1.02. The lowest BCUT2D eigenvalue weighted by atomic mass is 9.97. The maximum absolute atomic E-state index is 9.38. The quantitative estimate of drug-likeness (QED) is 0.705. The first kappa shape index (κ1) is 9.07. The zero-order valence-electron chi connectivity index (χ0n) is 7.41. The Balaban J connectivity index is 3.18. The Kier molecular flexibility index (Phi) is 2.71. The Labute approximate surface area is 72.5 Å². The van der Waals surface area contributed by atoms with Gasteiger partial charge in [0.05, 0.1) is 6.61 Å². The van der Waals surface area contributed by atoms with Crippen molar-refractivity contribution in [2.75, 3.05) is 0 Å². The Morgan fingerprint density at radius 2 is 2.00 bits per heavy atom. The molecule has 1 aromatic carbocycles. The van der Waals surface area contributed by atoms with Crippen LogP contribution in [0.2, 0.25) is 0 Å². The number of aromatic hydroxyl groups is 1. The minimum atomic E-state index is -0.0970. The molecule has 0 aromatic heterocycles. The molecule has 12 heavy (non-hydrogen) atoms. The second-order valence-corrected chi connectivity index (χ2v) is 3.16. The van der Waals surface area contributed by atoms with Gasteiger partial charge in [-0.05, 0) is 17.5 Å². The average molecular weight is 166 g/mol. The summed E-state index contributed by atoms with van der Waals surface area (Å²) in [5, 5.41) is 18.4. The molecular formula is C10H14O2. The fourth-order valence-electron chi connectivity index (χ4n) is 1.31. The van der Waals surface area contributed by atoms with E-state index in [1.807, 2.05) is 19.9 Å². The average Bonchev–Trinajstić information content (AvgIpc) is 2.03. The fourth-order valence-corrected chi connectivity index (χ4v) is 1.31. The minimum Gasteiger partial charge on any atom is -0.508 e. The summed E-state index contributed by atoms with van der Waals surface area (Å²) in [4.78, 5) is 0. The number of hydrogen-bond acceptors (Lipinski definition) is 2. The maximum atomic E-state index is 9.38. The van der Waals surface area contributed by atoms with E-state index in [2.05, 4.69) is 0 Å². The van der Waals surface area contributed by atoms with Gasteiger partial charge in [0, 0.05) is 5.56 Å². The van der Waals surface area contributed by atoms with E-state index in [1.54, 1.807) is 12.1 Å². The Morgan fingerprint density at radius 1 is 1.33 bits per heavy atom. The molecule has 0 saturated carbocycles. The number of aliphatic hydroxyl groups is 1. The zero-order chi connectivity index (χ0) is 9.14. The summed E-state index contributed by atoms with van der Waals surface area (Å²) in [7, 11) is 0. The molecule has 0 aliphatic carbocycles. The topological polar surface area (TPSA) is 40.5 Å². The van der Waals surface area contributed by atoms with E-state index in [0.717, 1.165) is 5.56 Å². The summed E-state index contributed by atoms with van der Waals surface area (Å²) < 4.78 is 0. The highest BCUT2D eigenvalue weighted by molar-refractivity contribution is 5.40. The van der Waals surface area contributed by atoms with Gasteiger partial charge in [0.25, 0.3) is 0 Å². The molecule has 0 bridgehead atoms. The van der Waals surface area contributed by atoms with E-state index >= 15 is 0 Å². The lowest BCUT2D eigenvalue weighted by Gasteiger charge is -2.11. The monoisotopic (exact) mass is 166 g/mol. The molecule has 2 nitrogen and oxygen atoms in total. The van der Waals surface area contributed by atoms with Crippen molar-refractivity contribution < 1.29 is 10.2 Å². The molecule has 0 spiro atoms. The summed E-state index contributed by atoms with van der Waals surface area (Å²) in [5.74, 6) is 0.517. The largest absolute Gasteiger partial charge is 0.508 e. The smallest absolute Gasteiger partial charge is 0.121 e. The summed E-state index contributed by atoms with van der Waals surface area (Å²) in [6.07, 6.45) is 0. The number of hydrogen-bond donors (Lipinski definition) is 2. The first-order valence-electron chi connectivity index (χ1n) is 4.08. The molecule has 0 aliphatic rings. The van der Waals surface area contributed by atoms with E-state index < -0.39 is 0 Å². The molecule has 0 radical (unpaired) electrons. The van der Waals surface area contributed by atoms with Gasteiger partial charge in [-0.15, -0.1) is 0 Å². The number of benzene rings is 1. The first-order chi connectivity index (χ1) is 5.66. The third kappa shape index (κ3) is 1.59. The number of aliphatic hydroxyl groups excluding tert-OH is 1. The normalized spacial score (nSPS) is 10.7. The van der Waals surface area contributed by atoms with Gasteiger partial charge in [0.15, 0.2) is 0 Å². The second-order valence-electron chi connectivity index (χ2n) is 3.16. The molecule has 2 heteroatoms. The van der Waals surface area contributed by atoms with Crippen LogP contribution in [0.3, 0.4) is 0 Å². The van der Waals surface area contributed by atoms with Gasteiger partial charge in [-0.1, -0.05) is 26.0 Å². The molecule has 1 aromatic rings. The van der Waals surface area contributed by atoms with Gasteiger partial charge in [0.2, 0.25) is 0 Å². The van der Waals surface area contributed by atoms with Crippen molar-refractivity contribution in [2.24, 2.45) is 0 Å². The van der Waals surface area contributed by atoms with Gasteiger partial charge in [-0.2, -0.15) is 0 Å². The fraction of sp³-hybridized carbons (Fsp3) is 0.400. The highest BCUT2D eigenvalue weighted by Gasteiger charge is 2.08. The van der Waals surface area contributed by atoms with Crippen LogP contribution in [0.15, 0.2) is 18.2 Å². The van der Waals surface area contributed by atoms with Crippen LogP contribution >= 0.6 is 0 Å². The van der Waals surface area contributed by atoms with Gasteiger partial charge < -0.3 is 10.2 Å². The van der Waals surface area contributed by atoms with Gasteiger partial charge in [0.1, 0.15) is 5.75 Å². The predicted molar refractivity (Wildman–Crippen MR) is 48.1 cm³/mol. The van der Waals surface area contributed by atoms with Crippen molar-refractivity contribution in [3.8, 4) is 5.75 Å². The molecular weight excluding hydrogens is 152 g/mol. The lowest BCUT2D eigenvalue weighted by molar-refractivity contribution is 0.273. The minimum absolute atomic E-state index is 0.0970. The van der Waals surface area contributed by atoms with E-state index in [1.165, 1.54) is 0 Å². The molecule has 66 valence electrons. The molecule has 0 amide bonds. The van der Waals surface area contributed by atoms with Crippen molar-refractivity contribution in [2.45, 2.75) is 26.4 Å². The van der Waals surface area contributed by atoms with Crippen LogP contribution in [0, 0.1) is 0 Å². The van der Waals surface area contributed by atoms with Crippen LogP contribution in [0.25, 0.3) is 0 Å². The van der Waals surface area contributed by atoms with E-state index in [9.17, 15) is 5.11 Å². The van der Waals surface area contributed by atoms with Crippen molar-refractivity contribution >= 4 is 0 Å². The van der Waals surface area contributed by atoms with Crippen LogP contribution in [0.4, 0.5) is 0 Å². The molecule has 0 heterocycles. The van der Waals surface area contributed by atoms with Crippen molar-refractivity contribution in [3.63, 3.8) is 0 Å². The molecule has 0 fully saturated rings. The van der Waals surface area contributed by atoms with Crippen LogP contribution in [0.5, 0.6) is 5.75 Å². The van der Waals surface area contributed by atoms with E-state index in [-0.39, 0.29) is 12.4 Å². The van der Waals surface area contributed by atoms with Crippen molar-refractivity contribution in [1.82, 2.24) is 0 Å². The van der Waals surface area contributed by atoms with Gasteiger partial charge in [-0.25, -0.2) is 0 Å². The molecule has 0 unspecified atom stereocenters. The summed E-state index contributed by atoms with van der Waals surface area (Å²) in [6, 6.07) is 5.32. The second kappa shape index (κ2) is 3.59. The Morgan fingerprint density at radius 3 is 2.42 bits per heavy atom. The summed E-state index contributed by atoms with van der Waals surface area (Å²) >= 11 is 0. The van der Waals surface area contributed by atoms with E-state index in [0.29, 0.717) is 11.5 Å². The highest BCUT2D eigenvalue weighted by Crippen LogP contribution is 2.26. The lowest BCUT2D eigenvalue weighted by Crippen LogP contribution is -1.96. The molecule has 0 aliphatic heterocycles. The van der Waals surface area contributed by atoms with E-state index in [4.69, 9.17) is 5.11 Å². The van der Waals surface area contributed by atoms with Crippen LogP contribution < -0.4 is 0 Å². The molecule has 1 rings (SSSR count). The van der Waals surface area contributed by atoms with Crippen molar-refractivity contribution in [1.29, 1.82) is 0 Å². The standard InChI is InChI=1S/C10H14O2/c1-7(2)8-4-3-5-10(12)9(8)6-11/h3-5,7,11-12H,6H2,1-2H3. The molecule has 2 N–H and O–H groups in total. The first-order valence-corrected chi connectivity index (χ1v) is 4.08. The highest BCUT2D eigenvalue weighted by atomic mass is 16.3. The third-order valence-electron chi connectivity index (χ3n) is 1.97. The van der Waals surface area contributed by atoms with Crippen molar-refractivity contribution in [3.05, 3.63) is 29.3 Å². The molecule has 0 atom stereocenters. The number of rotatable bonds is 2. The zero-order valence-corrected chi connectivity index (χ0v) is 7.41. The summed E-state index contributed by atoms with van der Waals surface area (Å²) in [6.45, 7) is 3.97. The van der Waals surface area contributed by atoms with Gasteiger partial charge >= 0.3 is 0 Å². The molecule has 0 saturated heterocycles. The SMILES string of the molecule is CC(C)c1cccc(O)c1CO. The predicted octanol–water partition coefficient (Wildman–Crippen LogP) is 2.01. The third-order valence-corrected chi connectivity index (χ3v) is 1.97. The summed E-state index contributed by atoms with van der Waals surface area (Å²) in [5.41, 5.74) is 1.66. The number of phenols is 1. The van der Waals surface area contributed by atoms with Crippen LogP contribution in [-0.2, 0) is 6.61 Å². The van der Waals surface area contributed by atoms with Crippen LogP contribution in [-0.4, -0.2) is 10.2 Å².